The van der Waals surface area contributed by atoms with Gasteiger partial charge in [0.2, 0.25) is 0 Å². The van der Waals surface area contributed by atoms with Crippen molar-refractivity contribution in [2.75, 3.05) is 80.3 Å². The van der Waals surface area contributed by atoms with Gasteiger partial charge in [-0.2, -0.15) is 0 Å². The summed E-state index contributed by atoms with van der Waals surface area (Å²) in [7, 11) is 0. The van der Waals surface area contributed by atoms with E-state index in [4.69, 9.17) is 14.6 Å². The number of aromatic hydroxyl groups is 2. The molecule has 0 saturated carbocycles. The molecule has 4 aromatic rings. The first-order valence-electron chi connectivity index (χ1n) is 17.3. The van der Waals surface area contributed by atoms with Gasteiger partial charge in [-0.25, -0.2) is 9.59 Å². The number of ether oxygens (including phenoxy) is 2. The van der Waals surface area contributed by atoms with E-state index in [1.807, 2.05) is 93.6 Å². The minimum Gasteiger partial charge on any atom is -0.508 e. The molecule has 0 aromatic heterocycles. The summed E-state index contributed by atoms with van der Waals surface area (Å²) >= 11 is 3.29. The highest BCUT2D eigenvalue weighted by Gasteiger charge is 2.19. The molecule has 0 atom stereocenters. The number of halogens is 1. The number of nitrogens with zero attached hydrogens (tertiary/aromatic N) is 3. The number of hydrogen-bond acceptors (Lipinski definition) is 10. The Morgan fingerprint density at radius 3 is 1.40 bits per heavy atom. The van der Waals surface area contributed by atoms with Crippen LogP contribution in [-0.4, -0.2) is 87.7 Å². The van der Waals surface area contributed by atoms with Crippen molar-refractivity contribution in [2.24, 2.45) is 0 Å². The average Bonchev–Trinajstić information content (AvgIpc) is 3.16. The number of carbonyl (C=O) groups is 2. The number of phenols is 2. The van der Waals surface area contributed by atoms with E-state index in [9.17, 15) is 14.7 Å². The van der Waals surface area contributed by atoms with Crippen molar-refractivity contribution in [3.05, 3.63) is 112 Å². The molecule has 2 heterocycles. The molecule has 2 saturated heterocycles. The van der Waals surface area contributed by atoms with Gasteiger partial charge < -0.3 is 39.7 Å². The number of carbonyl (C=O) groups excluding carboxylic acids is 2. The molecule has 11 heteroatoms. The number of aryl methyl sites for hydroxylation is 2. The third-order valence-corrected chi connectivity index (χ3v) is 9.08. The Hall–Kier alpha value is -4.74. The highest BCUT2D eigenvalue weighted by Crippen LogP contribution is 2.26. The van der Waals surface area contributed by atoms with Gasteiger partial charge in [0, 0.05) is 73.9 Å². The van der Waals surface area contributed by atoms with Gasteiger partial charge in [0.25, 0.3) is 0 Å². The lowest BCUT2D eigenvalue weighted by Crippen LogP contribution is -2.46. The third kappa shape index (κ3) is 12.2. The normalized spacial score (nSPS) is 13.8. The van der Waals surface area contributed by atoms with Gasteiger partial charge in [0.15, 0.2) is 0 Å². The van der Waals surface area contributed by atoms with Crippen LogP contribution in [0.15, 0.2) is 89.4 Å². The molecule has 0 aliphatic carbocycles. The Bertz CT molecular complexity index is 1700. The number of phenolic OH excluding ortho intramolecular Hbond substituents is 2. The lowest BCUT2D eigenvalue weighted by molar-refractivity contribution is 0.0517. The maximum Gasteiger partial charge on any atom is 0.338 e. The van der Waals surface area contributed by atoms with Crippen LogP contribution in [0.25, 0.3) is 0 Å². The van der Waals surface area contributed by atoms with Crippen LogP contribution in [0.3, 0.4) is 0 Å². The summed E-state index contributed by atoms with van der Waals surface area (Å²) in [4.78, 5) is 30.2. The first-order valence-corrected chi connectivity index (χ1v) is 18.1. The number of nitrogens with one attached hydrogen (secondary N) is 1. The van der Waals surface area contributed by atoms with Gasteiger partial charge in [0.1, 0.15) is 11.5 Å². The van der Waals surface area contributed by atoms with Gasteiger partial charge in [0.05, 0.1) is 24.3 Å². The van der Waals surface area contributed by atoms with E-state index in [0.717, 1.165) is 79.3 Å². The summed E-state index contributed by atoms with van der Waals surface area (Å²) in [5, 5.41) is 22.0. The van der Waals surface area contributed by atoms with Crippen LogP contribution in [0.2, 0.25) is 0 Å². The number of piperazine rings is 2. The second-order valence-corrected chi connectivity index (χ2v) is 13.1. The highest BCUT2D eigenvalue weighted by molar-refractivity contribution is 9.10. The topological polar surface area (TPSA) is 115 Å². The maximum absolute atomic E-state index is 11.7. The van der Waals surface area contributed by atoms with E-state index in [-0.39, 0.29) is 19.4 Å². The van der Waals surface area contributed by atoms with Gasteiger partial charge in [-0.05, 0) is 124 Å². The quantitative estimate of drug-likeness (QED) is 0.162. The van der Waals surface area contributed by atoms with Crippen LogP contribution in [0.4, 0.5) is 17.1 Å². The zero-order valence-electron chi connectivity index (χ0n) is 29.9. The van der Waals surface area contributed by atoms with E-state index >= 15 is 0 Å². The van der Waals surface area contributed by atoms with Crippen LogP contribution in [0.1, 0.15) is 53.1 Å². The molecule has 0 amide bonds. The van der Waals surface area contributed by atoms with Crippen molar-refractivity contribution in [2.45, 2.75) is 35.1 Å². The highest BCUT2D eigenvalue weighted by atomic mass is 79.9. The predicted octanol–water partition coefficient (Wildman–Crippen LogP) is 7.58. The predicted molar refractivity (Wildman–Crippen MR) is 214 cm³/mol. The van der Waals surface area contributed by atoms with Crippen LogP contribution in [0, 0.1) is 13.8 Å². The Morgan fingerprint density at radius 2 is 1.00 bits per heavy atom. The zero-order chi connectivity index (χ0) is 36.8. The van der Waals surface area contributed by atoms with Gasteiger partial charge in [-0.3, -0.25) is 0 Å². The first-order chi connectivity index (χ1) is 24.6. The van der Waals surface area contributed by atoms with Gasteiger partial charge in [-0.1, -0.05) is 23.4 Å². The van der Waals surface area contributed by atoms with E-state index in [1.54, 1.807) is 19.1 Å². The molecule has 6 rings (SSSR count). The minimum atomic E-state index is -0.276. The van der Waals surface area contributed by atoms with Crippen molar-refractivity contribution in [1.29, 1.82) is 0 Å². The largest absolute Gasteiger partial charge is 0.508 e. The lowest BCUT2D eigenvalue weighted by atomic mass is 10.1. The molecular weight excluding hydrogens is 724 g/mol. The smallest absolute Gasteiger partial charge is 0.338 e. The second-order valence-electron chi connectivity index (χ2n) is 12.1. The number of rotatable bonds is 7. The van der Waals surface area contributed by atoms with E-state index in [2.05, 4.69) is 35.9 Å². The van der Waals surface area contributed by atoms with Crippen molar-refractivity contribution in [3.8, 4) is 11.5 Å². The first kappa shape index (κ1) is 41.7. The molecule has 3 N–H and O–H groups in total. The Balaban J connectivity index is 0.000000233. The molecule has 280 valence electrons. The average molecular weight is 778 g/mol. The summed E-state index contributed by atoms with van der Waals surface area (Å²) in [5.41, 5.74) is 6.43. The molecular formula is C41H53BrN4O6. The zero-order valence-corrected chi connectivity index (χ0v) is 31.5. The van der Waals surface area contributed by atoms with Crippen molar-refractivity contribution >= 4 is 44.9 Å². The summed E-state index contributed by atoms with van der Waals surface area (Å²) < 4.78 is 11.0. The van der Waals surface area contributed by atoms with Gasteiger partial charge in [-0.15, -0.1) is 0 Å². The fourth-order valence-corrected chi connectivity index (χ4v) is 6.12. The van der Waals surface area contributed by atoms with Crippen LogP contribution >= 0.6 is 15.9 Å². The molecule has 2 fully saturated rings. The molecule has 0 radical (unpaired) electrons. The molecule has 2 aliphatic heterocycles. The molecule has 2 aliphatic rings. The summed E-state index contributed by atoms with van der Waals surface area (Å²) in [6.45, 7) is 15.9. The Kier molecular flexibility index (Phi) is 16.8. The molecule has 0 bridgehead atoms. The van der Waals surface area contributed by atoms with Crippen molar-refractivity contribution in [3.63, 3.8) is 0 Å². The standard InChI is InChI=1S/C20H24N2O3.C13H18N2O2.C7H7BrO.CH4/c1-3-25-20(24)16-4-6-17(7-5-16)21-10-12-22(13-11-21)18-8-9-19(23)15(2)14-18;1-2-17-13(16)11-3-5-12(6-4-11)15-9-7-14-8-10-15;1-5-4-6(8)2-3-7(5)9;/h4-9,14,23H,3,10-13H2,1-2H3;3-6,14H,2,7-10H2,1H3;2-4,9H,1H3;1H4. The maximum atomic E-state index is 11.7. The van der Waals surface area contributed by atoms with Crippen LogP contribution < -0.4 is 20.0 Å². The fourth-order valence-electron chi connectivity index (χ4n) is 5.65. The number of anilines is 3. The molecule has 52 heavy (non-hydrogen) atoms. The van der Waals surface area contributed by atoms with Crippen LogP contribution in [-0.2, 0) is 9.47 Å². The van der Waals surface area contributed by atoms with Crippen LogP contribution in [0.5, 0.6) is 11.5 Å². The Morgan fingerprint density at radius 1 is 0.615 bits per heavy atom. The molecule has 4 aromatic carbocycles. The second kappa shape index (κ2) is 20.9. The van der Waals surface area contributed by atoms with E-state index in [0.29, 0.717) is 35.8 Å². The fraction of sp³-hybridized carbons (Fsp3) is 0.366. The van der Waals surface area contributed by atoms with Gasteiger partial charge >= 0.3 is 11.9 Å². The molecule has 10 nitrogen and oxygen atoms in total. The number of benzene rings is 4. The van der Waals surface area contributed by atoms with E-state index in [1.165, 1.54) is 5.69 Å². The Labute approximate surface area is 317 Å². The lowest BCUT2D eigenvalue weighted by Gasteiger charge is -2.37. The third-order valence-electron chi connectivity index (χ3n) is 8.59. The summed E-state index contributed by atoms with van der Waals surface area (Å²) in [6.07, 6.45) is 0. The monoisotopic (exact) mass is 776 g/mol. The molecule has 0 spiro atoms. The van der Waals surface area contributed by atoms with Crippen molar-refractivity contribution in [1.82, 2.24) is 5.32 Å². The summed E-state index contributed by atoms with van der Waals surface area (Å²) in [6, 6.07) is 26.3. The van der Waals surface area contributed by atoms with E-state index < -0.39 is 0 Å². The molecule has 0 unspecified atom stereocenters. The number of esters is 2. The van der Waals surface area contributed by atoms with Crippen molar-refractivity contribution < 1.29 is 29.3 Å². The number of hydrogen-bond donors (Lipinski definition) is 3. The summed E-state index contributed by atoms with van der Waals surface area (Å²) in [5.74, 6) is 0.156. The SMILES string of the molecule is C.CCOC(=O)c1ccc(N2CCN(c3ccc(O)c(C)c3)CC2)cc1.CCOC(=O)c1ccc(N2CCNCC2)cc1.Cc1cc(Br)ccc1O. The minimum absolute atomic E-state index is 0.